The molecule has 0 aromatic heterocycles. The number of esters is 1. The summed E-state index contributed by atoms with van der Waals surface area (Å²) in [4.78, 5) is 11.3. The molecule has 0 aromatic rings. The zero-order chi connectivity index (χ0) is 14.6. The predicted octanol–water partition coefficient (Wildman–Crippen LogP) is 1.79. The van der Waals surface area contributed by atoms with Crippen molar-refractivity contribution < 1.29 is 35.7 Å². The molecule has 0 aliphatic rings. The van der Waals surface area contributed by atoms with Crippen LogP contribution in [0.3, 0.4) is 0 Å². The molecule has 0 radical (unpaired) electrons. The standard InChI is InChI=1S/C9H15F3O5S/c1-3-8(2,9(10,11)12)7(13)17-5-4-6-18(14,15)16/h3-6H2,1-2H3,(H,14,15,16). The van der Waals surface area contributed by atoms with Crippen molar-refractivity contribution in [2.24, 2.45) is 5.41 Å². The Hall–Kier alpha value is -0.830. The topological polar surface area (TPSA) is 80.7 Å². The first-order valence-electron chi connectivity index (χ1n) is 5.13. The van der Waals surface area contributed by atoms with Crippen LogP contribution >= 0.6 is 0 Å². The molecule has 0 heterocycles. The summed E-state index contributed by atoms with van der Waals surface area (Å²) in [6.45, 7) is 1.43. The molecule has 0 fully saturated rings. The van der Waals surface area contributed by atoms with E-state index in [1.165, 1.54) is 6.92 Å². The van der Waals surface area contributed by atoms with Crippen LogP contribution in [0.1, 0.15) is 26.7 Å². The van der Waals surface area contributed by atoms with E-state index in [0.29, 0.717) is 0 Å². The second-order valence-electron chi connectivity index (χ2n) is 3.96. The number of ether oxygens (including phenoxy) is 1. The third-order valence-corrected chi connectivity index (χ3v) is 3.37. The summed E-state index contributed by atoms with van der Waals surface area (Å²) < 4.78 is 71.3. The van der Waals surface area contributed by atoms with Gasteiger partial charge in [-0.3, -0.25) is 9.35 Å². The molecule has 0 saturated heterocycles. The Kier molecular flexibility index (Phi) is 5.60. The van der Waals surface area contributed by atoms with E-state index in [4.69, 9.17) is 4.55 Å². The molecular weight excluding hydrogens is 277 g/mol. The Morgan fingerprint density at radius 2 is 1.83 bits per heavy atom. The molecule has 1 N–H and O–H groups in total. The van der Waals surface area contributed by atoms with Gasteiger partial charge in [-0.15, -0.1) is 0 Å². The summed E-state index contributed by atoms with van der Waals surface area (Å²) in [7, 11) is -4.21. The van der Waals surface area contributed by atoms with Gasteiger partial charge in [0.05, 0.1) is 12.4 Å². The number of hydrogen-bond acceptors (Lipinski definition) is 4. The molecule has 0 saturated carbocycles. The van der Waals surface area contributed by atoms with Gasteiger partial charge in [-0.2, -0.15) is 21.6 Å². The first-order valence-corrected chi connectivity index (χ1v) is 6.74. The lowest BCUT2D eigenvalue weighted by molar-refractivity contribution is -0.230. The van der Waals surface area contributed by atoms with Crippen LogP contribution in [0.2, 0.25) is 0 Å². The van der Waals surface area contributed by atoms with Crippen molar-refractivity contribution in [3.05, 3.63) is 0 Å². The van der Waals surface area contributed by atoms with Gasteiger partial charge in [0.1, 0.15) is 0 Å². The second-order valence-corrected chi connectivity index (χ2v) is 5.53. The average molecular weight is 292 g/mol. The van der Waals surface area contributed by atoms with E-state index in [2.05, 4.69) is 4.74 Å². The highest BCUT2D eigenvalue weighted by atomic mass is 32.2. The van der Waals surface area contributed by atoms with Crippen LogP contribution in [-0.4, -0.2) is 37.5 Å². The summed E-state index contributed by atoms with van der Waals surface area (Å²) in [5.74, 6) is -2.12. The normalized spacial score (nSPS) is 16.1. The molecule has 1 unspecified atom stereocenters. The highest BCUT2D eigenvalue weighted by molar-refractivity contribution is 7.85. The molecule has 18 heavy (non-hydrogen) atoms. The number of halogens is 3. The molecular formula is C9H15F3O5S. The summed E-state index contributed by atoms with van der Waals surface area (Å²) >= 11 is 0. The number of alkyl halides is 3. The number of carbonyl (C=O) groups excluding carboxylic acids is 1. The summed E-state index contributed by atoms with van der Waals surface area (Å²) in [6, 6.07) is 0. The zero-order valence-electron chi connectivity index (χ0n) is 9.95. The monoisotopic (exact) mass is 292 g/mol. The Labute approximate surface area is 103 Å². The van der Waals surface area contributed by atoms with Gasteiger partial charge in [-0.05, 0) is 19.8 Å². The molecule has 5 nitrogen and oxygen atoms in total. The highest BCUT2D eigenvalue weighted by Crippen LogP contribution is 2.41. The van der Waals surface area contributed by atoms with Crippen LogP contribution in [0.5, 0.6) is 0 Å². The van der Waals surface area contributed by atoms with Crippen LogP contribution in [0.15, 0.2) is 0 Å². The minimum Gasteiger partial charge on any atom is -0.465 e. The molecule has 0 amide bonds. The van der Waals surface area contributed by atoms with Crippen molar-refractivity contribution in [3.63, 3.8) is 0 Å². The fraction of sp³-hybridized carbons (Fsp3) is 0.889. The minimum atomic E-state index is -4.73. The van der Waals surface area contributed by atoms with Gasteiger partial charge in [-0.25, -0.2) is 0 Å². The fourth-order valence-electron chi connectivity index (χ4n) is 1.03. The first-order chi connectivity index (χ1) is 7.94. The van der Waals surface area contributed by atoms with Crippen molar-refractivity contribution in [2.45, 2.75) is 32.9 Å². The maximum Gasteiger partial charge on any atom is 0.404 e. The summed E-state index contributed by atoms with van der Waals surface area (Å²) in [6.07, 6.45) is -5.47. The van der Waals surface area contributed by atoms with E-state index in [1.54, 1.807) is 0 Å². The minimum absolute atomic E-state index is 0.262. The quantitative estimate of drug-likeness (QED) is 0.458. The Morgan fingerprint density at radius 3 is 2.17 bits per heavy atom. The van der Waals surface area contributed by atoms with Gasteiger partial charge in [0.15, 0.2) is 5.41 Å². The van der Waals surface area contributed by atoms with Crippen molar-refractivity contribution in [1.29, 1.82) is 0 Å². The Bertz CT molecular complexity index is 389. The van der Waals surface area contributed by atoms with Crippen LogP contribution < -0.4 is 0 Å². The molecule has 0 bridgehead atoms. The van der Waals surface area contributed by atoms with Crippen LogP contribution in [0.4, 0.5) is 13.2 Å². The van der Waals surface area contributed by atoms with E-state index in [9.17, 15) is 26.4 Å². The largest absolute Gasteiger partial charge is 0.465 e. The van der Waals surface area contributed by atoms with Crippen LogP contribution in [0.25, 0.3) is 0 Å². The number of hydrogen-bond donors (Lipinski definition) is 1. The van der Waals surface area contributed by atoms with E-state index >= 15 is 0 Å². The van der Waals surface area contributed by atoms with Gasteiger partial charge in [-0.1, -0.05) is 6.92 Å². The molecule has 0 aliphatic heterocycles. The lowest BCUT2D eigenvalue weighted by atomic mass is 9.87. The first kappa shape index (κ1) is 17.2. The second kappa shape index (κ2) is 5.87. The molecule has 108 valence electrons. The van der Waals surface area contributed by atoms with Crippen molar-refractivity contribution >= 4 is 16.1 Å². The highest BCUT2D eigenvalue weighted by Gasteiger charge is 2.56. The molecule has 1 atom stereocenters. The van der Waals surface area contributed by atoms with Crippen molar-refractivity contribution in [1.82, 2.24) is 0 Å². The third-order valence-electron chi connectivity index (χ3n) is 2.56. The summed E-state index contributed by atoms with van der Waals surface area (Å²) in [5, 5.41) is 0. The van der Waals surface area contributed by atoms with E-state index in [0.717, 1.165) is 6.92 Å². The molecule has 0 rings (SSSR count). The molecule has 0 aromatic carbocycles. The van der Waals surface area contributed by atoms with Gasteiger partial charge in [0.2, 0.25) is 0 Å². The predicted molar refractivity (Wildman–Crippen MR) is 56.4 cm³/mol. The lowest BCUT2D eigenvalue weighted by Crippen LogP contribution is -2.43. The van der Waals surface area contributed by atoms with Gasteiger partial charge >= 0.3 is 12.1 Å². The van der Waals surface area contributed by atoms with Gasteiger partial charge < -0.3 is 4.74 Å². The van der Waals surface area contributed by atoms with E-state index in [1.807, 2.05) is 0 Å². The van der Waals surface area contributed by atoms with Gasteiger partial charge in [0.25, 0.3) is 10.1 Å². The molecule has 0 spiro atoms. The molecule has 9 heteroatoms. The fourth-order valence-corrected chi connectivity index (χ4v) is 1.51. The van der Waals surface area contributed by atoms with E-state index in [-0.39, 0.29) is 6.42 Å². The van der Waals surface area contributed by atoms with Crippen molar-refractivity contribution in [3.8, 4) is 0 Å². The molecule has 0 aliphatic carbocycles. The number of rotatable bonds is 6. The Morgan fingerprint density at radius 1 is 1.33 bits per heavy atom. The van der Waals surface area contributed by atoms with Crippen LogP contribution in [-0.2, 0) is 19.6 Å². The SMILES string of the molecule is CCC(C)(C(=O)OCCCS(=O)(=O)O)C(F)(F)F. The van der Waals surface area contributed by atoms with Gasteiger partial charge in [0, 0.05) is 0 Å². The number of carbonyl (C=O) groups is 1. The third kappa shape index (κ3) is 4.81. The maximum absolute atomic E-state index is 12.6. The maximum atomic E-state index is 12.6. The van der Waals surface area contributed by atoms with Crippen LogP contribution in [0, 0.1) is 5.41 Å². The smallest absolute Gasteiger partial charge is 0.404 e. The van der Waals surface area contributed by atoms with E-state index < -0.39 is 46.5 Å². The Balaban J connectivity index is 4.40. The summed E-state index contributed by atoms with van der Waals surface area (Å²) in [5.41, 5.74) is -2.61. The van der Waals surface area contributed by atoms with Crippen molar-refractivity contribution in [2.75, 3.05) is 12.4 Å². The average Bonchev–Trinajstić information content (AvgIpc) is 2.19. The zero-order valence-corrected chi connectivity index (χ0v) is 10.8. The lowest BCUT2D eigenvalue weighted by Gasteiger charge is -2.28.